The third-order valence-electron chi connectivity index (χ3n) is 2.93. The van der Waals surface area contributed by atoms with Crippen molar-refractivity contribution >= 4 is 27.3 Å². The van der Waals surface area contributed by atoms with Gasteiger partial charge in [0.15, 0.2) is 10.8 Å². The monoisotopic (exact) mass is 289 g/mol. The van der Waals surface area contributed by atoms with Crippen LogP contribution in [0.25, 0.3) is 10.2 Å². The molecule has 2 aromatic carbocycles. The molecule has 0 saturated heterocycles. The molecular formula is C15H9F2NOS. The van der Waals surface area contributed by atoms with E-state index in [1.54, 1.807) is 6.07 Å². The number of Topliss-reactive ketones (excluding diaryl/α,β-unsaturated/α-hetero) is 1. The van der Waals surface area contributed by atoms with Gasteiger partial charge in [0.1, 0.15) is 11.6 Å². The lowest BCUT2D eigenvalue weighted by Gasteiger charge is -2.02. The van der Waals surface area contributed by atoms with Crippen LogP contribution in [0.3, 0.4) is 0 Å². The van der Waals surface area contributed by atoms with Crippen LogP contribution in [0.2, 0.25) is 0 Å². The molecule has 0 saturated carbocycles. The molecule has 0 atom stereocenters. The minimum Gasteiger partial charge on any atom is -0.291 e. The molecule has 1 heterocycles. The fraction of sp³-hybridized carbons (Fsp3) is 0.0667. The zero-order valence-corrected chi connectivity index (χ0v) is 11.1. The molecule has 0 bridgehead atoms. The molecule has 0 aliphatic rings. The quantitative estimate of drug-likeness (QED) is 0.682. The predicted molar refractivity (Wildman–Crippen MR) is 74.0 cm³/mol. The van der Waals surface area contributed by atoms with E-state index in [-0.39, 0.29) is 22.8 Å². The van der Waals surface area contributed by atoms with Crippen molar-refractivity contribution in [2.45, 2.75) is 6.42 Å². The molecule has 20 heavy (non-hydrogen) atoms. The number of halogens is 2. The van der Waals surface area contributed by atoms with Crippen molar-refractivity contribution in [3.8, 4) is 0 Å². The van der Waals surface area contributed by atoms with Crippen LogP contribution in [0.15, 0.2) is 42.5 Å². The van der Waals surface area contributed by atoms with Crippen molar-refractivity contribution in [2.24, 2.45) is 0 Å². The van der Waals surface area contributed by atoms with E-state index in [4.69, 9.17) is 0 Å². The van der Waals surface area contributed by atoms with Gasteiger partial charge < -0.3 is 0 Å². The average Bonchev–Trinajstić information content (AvgIpc) is 2.87. The predicted octanol–water partition coefficient (Wildman–Crippen LogP) is 4.00. The molecule has 5 heteroatoms. The molecule has 100 valence electrons. The molecule has 0 aliphatic carbocycles. The summed E-state index contributed by atoms with van der Waals surface area (Å²) in [5.41, 5.74) is 0.506. The van der Waals surface area contributed by atoms with Gasteiger partial charge in [-0.05, 0) is 24.3 Å². The summed E-state index contributed by atoms with van der Waals surface area (Å²) in [7, 11) is 0. The largest absolute Gasteiger partial charge is 0.291 e. The highest BCUT2D eigenvalue weighted by Gasteiger charge is 2.17. The normalized spacial score (nSPS) is 10.9. The van der Waals surface area contributed by atoms with Crippen molar-refractivity contribution in [3.63, 3.8) is 0 Å². The Kier molecular flexibility index (Phi) is 3.28. The van der Waals surface area contributed by atoms with Crippen molar-refractivity contribution in [2.75, 3.05) is 0 Å². The Balaban J connectivity index is 1.93. The zero-order valence-electron chi connectivity index (χ0n) is 10.3. The number of aromatic nitrogens is 1. The third kappa shape index (κ3) is 2.32. The van der Waals surface area contributed by atoms with Crippen molar-refractivity contribution in [3.05, 3.63) is 64.7 Å². The van der Waals surface area contributed by atoms with Crippen LogP contribution < -0.4 is 0 Å². The number of carbonyl (C=O) groups excluding carboxylic acids is 1. The third-order valence-corrected chi connectivity index (χ3v) is 4.01. The van der Waals surface area contributed by atoms with Gasteiger partial charge in [0.25, 0.3) is 0 Å². The van der Waals surface area contributed by atoms with Gasteiger partial charge in [-0.1, -0.05) is 18.2 Å². The number of nitrogens with zero attached hydrogens (tertiary/aromatic N) is 1. The van der Waals surface area contributed by atoms with Crippen molar-refractivity contribution in [1.29, 1.82) is 0 Å². The van der Waals surface area contributed by atoms with Crippen molar-refractivity contribution < 1.29 is 13.6 Å². The van der Waals surface area contributed by atoms with E-state index in [9.17, 15) is 13.6 Å². The van der Waals surface area contributed by atoms with Crippen LogP contribution in [-0.2, 0) is 6.42 Å². The molecule has 3 aromatic rings. The summed E-state index contributed by atoms with van der Waals surface area (Å²) >= 11 is 1.23. The minimum absolute atomic E-state index is 0.211. The SMILES string of the molecule is O=C(Cc1c(F)cccc1F)c1nc2ccccc2s1. The second kappa shape index (κ2) is 5.09. The van der Waals surface area contributed by atoms with E-state index < -0.39 is 11.6 Å². The van der Waals surface area contributed by atoms with E-state index in [2.05, 4.69) is 4.98 Å². The van der Waals surface area contributed by atoms with Gasteiger partial charge in [-0.15, -0.1) is 11.3 Å². The second-order valence-electron chi connectivity index (χ2n) is 4.29. The Bertz CT molecular complexity index is 744. The van der Waals surface area contributed by atoms with Crippen LogP contribution in [0.5, 0.6) is 0 Å². The molecule has 0 unspecified atom stereocenters. The van der Waals surface area contributed by atoms with Crippen molar-refractivity contribution in [1.82, 2.24) is 4.98 Å². The van der Waals surface area contributed by atoms with E-state index in [0.29, 0.717) is 0 Å². The lowest BCUT2D eigenvalue weighted by molar-refractivity contribution is 0.0990. The zero-order chi connectivity index (χ0) is 14.1. The summed E-state index contributed by atoms with van der Waals surface area (Å²) in [4.78, 5) is 16.3. The van der Waals surface area contributed by atoms with Gasteiger partial charge >= 0.3 is 0 Å². The first kappa shape index (κ1) is 12.9. The highest BCUT2D eigenvalue weighted by atomic mass is 32.1. The van der Waals surface area contributed by atoms with Crippen LogP contribution >= 0.6 is 11.3 Å². The molecular weight excluding hydrogens is 280 g/mol. The van der Waals surface area contributed by atoms with Gasteiger partial charge in [-0.2, -0.15) is 0 Å². The van der Waals surface area contributed by atoms with Crippen LogP contribution in [0.4, 0.5) is 8.78 Å². The number of fused-ring (bicyclic) bond motifs is 1. The summed E-state index contributed by atoms with van der Waals surface area (Å²) in [5, 5.41) is 0.272. The van der Waals surface area contributed by atoms with Crippen LogP contribution in [0.1, 0.15) is 15.4 Å². The summed E-state index contributed by atoms with van der Waals surface area (Å²) in [5.74, 6) is -1.80. The lowest BCUT2D eigenvalue weighted by atomic mass is 10.1. The number of para-hydroxylation sites is 1. The first-order valence-electron chi connectivity index (χ1n) is 5.97. The Morgan fingerprint density at radius 2 is 1.75 bits per heavy atom. The maximum atomic E-state index is 13.5. The Morgan fingerprint density at radius 1 is 1.05 bits per heavy atom. The Morgan fingerprint density at radius 3 is 2.45 bits per heavy atom. The fourth-order valence-corrected chi connectivity index (χ4v) is 2.83. The molecule has 3 rings (SSSR count). The first-order chi connectivity index (χ1) is 9.65. The number of thiazole rings is 1. The van der Waals surface area contributed by atoms with Crippen LogP contribution in [-0.4, -0.2) is 10.8 Å². The maximum absolute atomic E-state index is 13.5. The minimum atomic E-state index is -0.709. The summed E-state index contributed by atoms with van der Waals surface area (Å²) in [6.45, 7) is 0. The first-order valence-corrected chi connectivity index (χ1v) is 6.78. The average molecular weight is 289 g/mol. The van der Waals surface area contributed by atoms with Gasteiger partial charge in [0.05, 0.1) is 10.2 Å². The van der Waals surface area contributed by atoms with Gasteiger partial charge in [-0.25, -0.2) is 13.8 Å². The van der Waals surface area contributed by atoms with Gasteiger partial charge in [-0.3, -0.25) is 4.79 Å². The smallest absolute Gasteiger partial charge is 0.195 e. The van der Waals surface area contributed by atoms with Gasteiger partial charge in [0, 0.05) is 12.0 Å². The molecule has 0 spiro atoms. The lowest BCUT2D eigenvalue weighted by Crippen LogP contribution is -2.06. The van der Waals surface area contributed by atoms with E-state index in [0.717, 1.165) is 22.3 Å². The number of ketones is 1. The molecule has 2 nitrogen and oxygen atoms in total. The number of benzene rings is 2. The summed E-state index contributed by atoms with van der Waals surface area (Å²) < 4.78 is 27.9. The second-order valence-corrected chi connectivity index (χ2v) is 5.32. The molecule has 0 radical (unpaired) electrons. The summed E-state index contributed by atoms with van der Waals surface area (Å²) in [6, 6.07) is 10.9. The molecule has 1 aromatic heterocycles. The highest BCUT2D eigenvalue weighted by Crippen LogP contribution is 2.23. The standard InChI is InChI=1S/C15H9F2NOS/c16-10-4-3-5-11(17)9(10)8-13(19)15-18-12-6-1-2-7-14(12)20-15/h1-7H,8H2. The summed E-state index contributed by atoms with van der Waals surface area (Å²) in [6.07, 6.45) is -0.321. The van der Waals surface area contributed by atoms with Crippen LogP contribution in [0, 0.1) is 11.6 Å². The fourth-order valence-electron chi connectivity index (χ4n) is 1.93. The maximum Gasteiger partial charge on any atom is 0.195 e. The van der Waals surface area contributed by atoms with E-state index in [1.165, 1.54) is 17.4 Å². The van der Waals surface area contributed by atoms with Gasteiger partial charge in [0.2, 0.25) is 0 Å². The topological polar surface area (TPSA) is 30.0 Å². The molecule has 0 fully saturated rings. The van der Waals surface area contributed by atoms with E-state index >= 15 is 0 Å². The number of rotatable bonds is 3. The number of hydrogen-bond donors (Lipinski definition) is 0. The van der Waals surface area contributed by atoms with E-state index in [1.807, 2.05) is 18.2 Å². The number of carbonyl (C=O) groups is 1. The number of hydrogen-bond acceptors (Lipinski definition) is 3. The molecule has 0 N–H and O–H groups in total. The highest BCUT2D eigenvalue weighted by molar-refractivity contribution is 7.20. The Hall–Kier alpha value is -2.14. The Labute approximate surface area is 117 Å². The molecule has 0 amide bonds. The molecule has 0 aliphatic heterocycles.